The van der Waals surface area contributed by atoms with Gasteiger partial charge in [-0.15, -0.1) is 0 Å². The molecule has 2 heterocycles. The van der Waals surface area contributed by atoms with Crippen LogP contribution in [0.15, 0.2) is 77.7 Å². The van der Waals surface area contributed by atoms with Crippen molar-refractivity contribution in [2.75, 3.05) is 5.32 Å². The highest BCUT2D eigenvalue weighted by Crippen LogP contribution is 2.31. The van der Waals surface area contributed by atoms with Gasteiger partial charge in [0.15, 0.2) is 0 Å². The molecule has 1 N–H and O–H groups in total. The molecule has 0 aliphatic rings. The predicted octanol–water partition coefficient (Wildman–Crippen LogP) is 5.80. The lowest BCUT2D eigenvalue weighted by molar-refractivity contribution is -0.137. The van der Waals surface area contributed by atoms with E-state index in [1.807, 2.05) is 0 Å². The summed E-state index contributed by atoms with van der Waals surface area (Å²) in [4.78, 5) is 17.1. The fraction of sp³-hybridized carbons (Fsp3) is 0.0476. The van der Waals surface area contributed by atoms with E-state index < -0.39 is 17.3 Å². The summed E-state index contributed by atoms with van der Waals surface area (Å²) in [6.07, 6.45) is -3.04. The summed E-state index contributed by atoms with van der Waals surface area (Å²) in [7, 11) is 0. The lowest BCUT2D eigenvalue weighted by Crippen LogP contribution is -2.20. The van der Waals surface area contributed by atoms with Crippen molar-refractivity contribution >= 4 is 34.0 Å². The molecule has 0 aliphatic carbocycles. The lowest BCUT2D eigenvalue weighted by Gasteiger charge is -2.15. The van der Waals surface area contributed by atoms with Gasteiger partial charge in [0.1, 0.15) is 5.65 Å². The summed E-state index contributed by atoms with van der Waals surface area (Å²) >= 11 is 6.01. The fourth-order valence-electron chi connectivity index (χ4n) is 3.05. The number of fused-ring (bicyclic) bond motifs is 1. The van der Waals surface area contributed by atoms with Crippen LogP contribution in [-0.4, -0.2) is 9.55 Å². The average molecular weight is 416 g/mol. The summed E-state index contributed by atoms with van der Waals surface area (Å²) in [6, 6.07) is 16.3. The van der Waals surface area contributed by atoms with Crippen molar-refractivity contribution in [3.05, 3.63) is 93.9 Å². The molecule has 146 valence electrons. The highest BCUT2D eigenvalue weighted by atomic mass is 35.5. The third-order valence-electron chi connectivity index (χ3n) is 4.31. The molecule has 2 aromatic carbocycles. The predicted molar refractivity (Wildman–Crippen MR) is 107 cm³/mol. The van der Waals surface area contributed by atoms with E-state index in [9.17, 15) is 18.0 Å². The minimum atomic E-state index is -4.52. The quantitative estimate of drug-likeness (QED) is 0.460. The van der Waals surface area contributed by atoms with Crippen LogP contribution in [-0.2, 0) is 6.18 Å². The number of nitrogens with zero attached hydrogens (tertiary/aromatic N) is 2. The zero-order valence-corrected chi connectivity index (χ0v) is 15.5. The van der Waals surface area contributed by atoms with Crippen LogP contribution < -0.4 is 10.9 Å². The van der Waals surface area contributed by atoms with Gasteiger partial charge in [-0.1, -0.05) is 23.7 Å². The number of alkyl halides is 3. The minimum absolute atomic E-state index is 0.0860. The summed E-state index contributed by atoms with van der Waals surface area (Å²) < 4.78 is 40.5. The van der Waals surface area contributed by atoms with Crippen molar-refractivity contribution in [2.24, 2.45) is 0 Å². The van der Waals surface area contributed by atoms with Crippen LogP contribution in [0.4, 0.5) is 24.5 Å². The molecule has 0 saturated carbocycles. The topological polar surface area (TPSA) is 46.9 Å². The Labute approximate surface area is 168 Å². The molecule has 8 heteroatoms. The van der Waals surface area contributed by atoms with Gasteiger partial charge in [0.2, 0.25) is 0 Å². The molecule has 0 fully saturated rings. The van der Waals surface area contributed by atoms with Crippen LogP contribution in [0.2, 0.25) is 5.02 Å². The first-order valence-electron chi connectivity index (χ1n) is 8.54. The highest BCUT2D eigenvalue weighted by Gasteiger charge is 2.30. The summed E-state index contributed by atoms with van der Waals surface area (Å²) in [5, 5.41) is 4.22. The Morgan fingerprint density at radius 3 is 2.52 bits per heavy atom. The number of aromatic nitrogens is 2. The first kappa shape index (κ1) is 19.0. The van der Waals surface area contributed by atoms with Gasteiger partial charge in [0.05, 0.1) is 16.9 Å². The summed E-state index contributed by atoms with van der Waals surface area (Å²) in [5.41, 5.74) is 0.112. The van der Waals surface area contributed by atoms with Crippen LogP contribution >= 0.6 is 11.6 Å². The van der Waals surface area contributed by atoms with E-state index in [4.69, 9.17) is 11.6 Å². The Balaban J connectivity index is 1.90. The van der Waals surface area contributed by atoms with E-state index in [0.717, 1.165) is 16.7 Å². The number of anilines is 2. The van der Waals surface area contributed by atoms with Gasteiger partial charge in [0.25, 0.3) is 5.56 Å². The Bertz CT molecular complexity index is 1270. The maximum Gasteiger partial charge on any atom is 0.416 e. The van der Waals surface area contributed by atoms with Gasteiger partial charge in [-0.2, -0.15) is 13.2 Å². The van der Waals surface area contributed by atoms with Crippen LogP contribution in [0.3, 0.4) is 0 Å². The van der Waals surface area contributed by atoms with Gasteiger partial charge in [0, 0.05) is 28.4 Å². The average Bonchev–Trinajstić information content (AvgIpc) is 2.68. The molecule has 0 spiro atoms. The third kappa shape index (κ3) is 3.82. The number of hydrogen-bond donors (Lipinski definition) is 1. The van der Waals surface area contributed by atoms with Crippen LogP contribution in [0.25, 0.3) is 16.7 Å². The third-order valence-corrected chi connectivity index (χ3v) is 4.55. The smallest absolute Gasteiger partial charge is 0.355 e. The van der Waals surface area contributed by atoms with Gasteiger partial charge in [-0.25, -0.2) is 4.98 Å². The second-order valence-electron chi connectivity index (χ2n) is 6.29. The highest BCUT2D eigenvalue weighted by molar-refractivity contribution is 6.30. The number of pyridine rings is 2. The Morgan fingerprint density at radius 1 is 0.966 bits per heavy atom. The van der Waals surface area contributed by atoms with Crippen LogP contribution in [0, 0.1) is 0 Å². The number of nitrogens with one attached hydrogen (secondary N) is 1. The van der Waals surface area contributed by atoms with Crippen molar-refractivity contribution in [1.29, 1.82) is 0 Å². The second kappa shape index (κ2) is 7.25. The van der Waals surface area contributed by atoms with E-state index in [1.54, 1.807) is 36.4 Å². The Morgan fingerprint density at radius 2 is 1.76 bits per heavy atom. The first-order valence-corrected chi connectivity index (χ1v) is 8.92. The maximum absolute atomic E-state index is 13.1. The van der Waals surface area contributed by atoms with Gasteiger partial charge in [-0.3, -0.25) is 9.36 Å². The second-order valence-corrected chi connectivity index (χ2v) is 6.73. The van der Waals surface area contributed by atoms with Crippen molar-refractivity contribution in [3.63, 3.8) is 0 Å². The molecule has 2 aromatic heterocycles. The molecule has 0 atom stereocenters. The Kier molecular flexibility index (Phi) is 4.76. The van der Waals surface area contributed by atoms with E-state index in [2.05, 4.69) is 10.3 Å². The number of benzene rings is 2. The fourth-order valence-corrected chi connectivity index (χ4v) is 3.24. The van der Waals surface area contributed by atoms with E-state index in [0.29, 0.717) is 21.8 Å². The minimum Gasteiger partial charge on any atom is -0.355 e. The molecule has 0 bridgehead atoms. The number of rotatable bonds is 3. The molecule has 4 nitrogen and oxygen atoms in total. The van der Waals surface area contributed by atoms with Gasteiger partial charge in [-0.05, 0) is 48.5 Å². The number of hydrogen-bond acceptors (Lipinski definition) is 3. The largest absolute Gasteiger partial charge is 0.416 e. The summed E-state index contributed by atoms with van der Waals surface area (Å²) in [5.74, 6) is 0. The molecule has 4 aromatic rings. The Hall–Kier alpha value is -3.32. The molecule has 0 saturated heterocycles. The molecule has 4 rings (SSSR count). The van der Waals surface area contributed by atoms with Crippen LogP contribution in [0.1, 0.15) is 5.56 Å². The van der Waals surface area contributed by atoms with Crippen molar-refractivity contribution in [1.82, 2.24) is 9.55 Å². The zero-order valence-electron chi connectivity index (χ0n) is 14.7. The molecule has 0 amide bonds. The van der Waals surface area contributed by atoms with Gasteiger partial charge < -0.3 is 5.32 Å². The van der Waals surface area contributed by atoms with Crippen molar-refractivity contribution in [3.8, 4) is 5.69 Å². The van der Waals surface area contributed by atoms with E-state index in [-0.39, 0.29) is 11.3 Å². The first-order chi connectivity index (χ1) is 13.8. The van der Waals surface area contributed by atoms with Crippen molar-refractivity contribution in [2.45, 2.75) is 6.18 Å². The SMILES string of the molecule is O=c1cc(Nc2cccc(Cl)c2)c2cccnc2n1-c1cccc(C(F)(F)F)c1. The monoisotopic (exact) mass is 415 g/mol. The van der Waals surface area contributed by atoms with Gasteiger partial charge >= 0.3 is 6.18 Å². The normalized spacial score (nSPS) is 11.6. The molecule has 0 radical (unpaired) electrons. The molecule has 0 unspecified atom stereocenters. The van der Waals surface area contributed by atoms with E-state index in [1.165, 1.54) is 24.4 Å². The summed E-state index contributed by atoms with van der Waals surface area (Å²) in [6.45, 7) is 0. The molecule has 29 heavy (non-hydrogen) atoms. The lowest BCUT2D eigenvalue weighted by atomic mass is 10.1. The zero-order chi connectivity index (χ0) is 20.6. The van der Waals surface area contributed by atoms with E-state index >= 15 is 0 Å². The van der Waals surface area contributed by atoms with Crippen LogP contribution in [0.5, 0.6) is 0 Å². The molecule has 0 aliphatic heterocycles. The number of halogens is 4. The molecular weight excluding hydrogens is 403 g/mol. The standard InChI is InChI=1S/C21H13ClF3N3O/c22-14-5-2-6-15(11-14)27-18-12-19(29)28(20-17(18)8-3-9-26-20)16-7-1-4-13(10-16)21(23,24)25/h1-12,27H. The maximum atomic E-state index is 13.1. The van der Waals surface area contributed by atoms with Crippen molar-refractivity contribution < 1.29 is 13.2 Å². The molecular formula is C21H13ClF3N3O.